The minimum absolute atomic E-state index is 0.558. The number of alkyl halides is 1. The molecular weight excluding hydrogens is 190 g/mol. The summed E-state index contributed by atoms with van der Waals surface area (Å²) >= 11 is 3.63. The zero-order valence-corrected chi connectivity index (χ0v) is 7.26. The van der Waals surface area contributed by atoms with Crippen molar-refractivity contribution in [2.75, 3.05) is 13.1 Å². The Bertz CT molecular complexity index is 195. The highest BCUT2D eigenvalue weighted by molar-refractivity contribution is 9.09. The summed E-state index contributed by atoms with van der Waals surface area (Å²) in [4.78, 5) is 0.558. The number of hydrogen-bond donors (Lipinski definition) is 1. The Hall–Kier alpha value is -0.0800. The molecule has 1 aliphatic heterocycles. The highest BCUT2D eigenvalue weighted by atomic mass is 79.9. The van der Waals surface area contributed by atoms with Gasteiger partial charge in [-0.1, -0.05) is 39.7 Å². The van der Waals surface area contributed by atoms with E-state index in [9.17, 15) is 0 Å². The van der Waals surface area contributed by atoms with Crippen LogP contribution in [0.4, 0.5) is 0 Å². The number of hydrogen-bond acceptors (Lipinski definition) is 1. The second-order valence-corrected chi connectivity index (χ2v) is 3.87. The number of nitrogens with one attached hydrogen (secondary N) is 1. The summed E-state index contributed by atoms with van der Waals surface area (Å²) in [6.07, 6.45) is 6.57. The van der Waals surface area contributed by atoms with E-state index in [0.29, 0.717) is 10.7 Å². The van der Waals surface area contributed by atoms with Crippen LogP contribution in [0.5, 0.6) is 0 Å². The number of allylic oxidation sites excluding steroid dienone is 3. The molecule has 2 unspecified atom stereocenters. The molecule has 2 aliphatic rings. The molecule has 1 fully saturated rings. The van der Waals surface area contributed by atoms with Crippen LogP contribution in [0.1, 0.15) is 0 Å². The fourth-order valence-electron chi connectivity index (χ4n) is 1.55. The van der Waals surface area contributed by atoms with Gasteiger partial charge >= 0.3 is 0 Å². The molecule has 2 atom stereocenters. The van der Waals surface area contributed by atoms with Crippen LogP contribution in [0.2, 0.25) is 0 Å². The Morgan fingerprint density at radius 3 is 3.30 bits per heavy atom. The second kappa shape index (κ2) is 2.51. The third kappa shape index (κ3) is 0.956. The van der Waals surface area contributed by atoms with Gasteiger partial charge in [-0.2, -0.15) is 0 Å². The third-order valence-electron chi connectivity index (χ3n) is 2.16. The molecule has 0 radical (unpaired) electrons. The monoisotopic (exact) mass is 199 g/mol. The molecule has 0 aromatic heterocycles. The molecule has 1 N–H and O–H groups in total. The molecule has 0 bridgehead atoms. The highest BCUT2D eigenvalue weighted by Crippen LogP contribution is 2.28. The van der Waals surface area contributed by atoms with Crippen LogP contribution in [0.15, 0.2) is 23.8 Å². The first kappa shape index (κ1) is 6.62. The van der Waals surface area contributed by atoms with Crippen molar-refractivity contribution in [2.45, 2.75) is 4.83 Å². The molecule has 1 saturated heterocycles. The van der Waals surface area contributed by atoms with Crippen LogP contribution in [0.25, 0.3) is 0 Å². The van der Waals surface area contributed by atoms with Crippen molar-refractivity contribution in [3.63, 3.8) is 0 Å². The summed E-state index contributed by atoms with van der Waals surface area (Å²) < 4.78 is 0. The fraction of sp³-hybridized carbons (Fsp3) is 0.500. The van der Waals surface area contributed by atoms with Gasteiger partial charge in [0.2, 0.25) is 0 Å². The smallest absolute Gasteiger partial charge is 0.0406 e. The van der Waals surface area contributed by atoms with Crippen molar-refractivity contribution in [1.29, 1.82) is 0 Å². The van der Waals surface area contributed by atoms with E-state index in [4.69, 9.17) is 0 Å². The van der Waals surface area contributed by atoms with Crippen LogP contribution < -0.4 is 5.32 Å². The Morgan fingerprint density at radius 2 is 2.50 bits per heavy atom. The lowest BCUT2D eigenvalue weighted by Crippen LogP contribution is -2.17. The normalized spacial score (nSPS) is 37.5. The van der Waals surface area contributed by atoms with Crippen molar-refractivity contribution >= 4 is 15.9 Å². The van der Waals surface area contributed by atoms with E-state index in [1.165, 1.54) is 0 Å². The van der Waals surface area contributed by atoms with Crippen molar-refractivity contribution in [1.82, 2.24) is 5.32 Å². The van der Waals surface area contributed by atoms with Gasteiger partial charge in [-0.05, 0) is 0 Å². The standard InChI is InChI=1S/C8H10BrN/c9-8-3-1-2-6-4-10-5-7(6)8/h1-3,7-8,10H,4-5H2. The van der Waals surface area contributed by atoms with Crippen LogP contribution in [-0.2, 0) is 0 Å². The molecule has 0 aromatic carbocycles. The average molecular weight is 200 g/mol. The minimum Gasteiger partial charge on any atom is -0.312 e. The lowest BCUT2D eigenvalue weighted by molar-refractivity contribution is 0.677. The van der Waals surface area contributed by atoms with Crippen LogP contribution in [0.3, 0.4) is 0 Å². The molecule has 1 aliphatic carbocycles. The van der Waals surface area contributed by atoms with Crippen LogP contribution in [-0.4, -0.2) is 17.9 Å². The van der Waals surface area contributed by atoms with E-state index in [1.807, 2.05) is 0 Å². The maximum absolute atomic E-state index is 3.63. The first-order valence-electron chi connectivity index (χ1n) is 3.60. The molecule has 0 spiro atoms. The van der Waals surface area contributed by atoms with Crippen molar-refractivity contribution < 1.29 is 0 Å². The zero-order chi connectivity index (χ0) is 6.97. The van der Waals surface area contributed by atoms with Gasteiger partial charge in [0.25, 0.3) is 0 Å². The summed E-state index contributed by atoms with van der Waals surface area (Å²) in [5.41, 5.74) is 1.55. The van der Waals surface area contributed by atoms with E-state index in [-0.39, 0.29) is 0 Å². The molecular formula is C8H10BrN. The van der Waals surface area contributed by atoms with Crippen molar-refractivity contribution in [3.05, 3.63) is 23.8 Å². The van der Waals surface area contributed by atoms with Gasteiger partial charge in [-0.3, -0.25) is 0 Å². The van der Waals surface area contributed by atoms with E-state index < -0.39 is 0 Å². The van der Waals surface area contributed by atoms with E-state index in [1.54, 1.807) is 5.57 Å². The second-order valence-electron chi connectivity index (χ2n) is 2.81. The topological polar surface area (TPSA) is 12.0 Å². The SMILES string of the molecule is BrC1C=CC=C2CNCC21. The quantitative estimate of drug-likeness (QED) is 0.584. The van der Waals surface area contributed by atoms with Gasteiger partial charge < -0.3 is 5.32 Å². The Morgan fingerprint density at radius 1 is 1.60 bits per heavy atom. The number of halogens is 1. The molecule has 0 saturated carbocycles. The lowest BCUT2D eigenvalue weighted by Gasteiger charge is -2.17. The molecule has 0 amide bonds. The largest absolute Gasteiger partial charge is 0.312 e. The molecule has 2 heteroatoms. The predicted molar refractivity (Wildman–Crippen MR) is 46.3 cm³/mol. The van der Waals surface area contributed by atoms with Gasteiger partial charge in [0.15, 0.2) is 0 Å². The first-order chi connectivity index (χ1) is 4.88. The molecule has 10 heavy (non-hydrogen) atoms. The predicted octanol–water partition coefficient (Wildman–Crippen LogP) is 1.47. The molecule has 1 nitrogen and oxygen atoms in total. The summed E-state index contributed by atoms with van der Waals surface area (Å²) in [5, 5.41) is 3.36. The zero-order valence-electron chi connectivity index (χ0n) is 5.68. The molecule has 2 rings (SSSR count). The maximum Gasteiger partial charge on any atom is 0.0406 e. The van der Waals surface area contributed by atoms with Crippen LogP contribution >= 0.6 is 15.9 Å². The summed E-state index contributed by atoms with van der Waals surface area (Å²) in [7, 11) is 0. The summed E-state index contributed by atoms with van der Waals surface area (Å²) in [6, 6.07) is 0. The fourth-order valence-corrected chi connectivity index (χ4v) is 2.26. The number of fused-ring (bicyclic) bond motifs is 1. The van der Waals surface area contributed by atoms with Crippen molar-refractivity contribution in [3.8, 4) is 0 Å². The first-order valence-corrected chi connectivity index (χ1v) is 4.51. The average Bonchev–Trinajstić information content (AvgIpc) is 2.36. The summed E-state index contributed by atoms with van der Waals surface area (Å²) in [5.74, 6) is 0.713. The lowest BCUT2D eigenvalue weighted by atomic mass is 9.95. The maximum atomic E-state index is 3.63. The van der Waals surface area contributed by atoms with Gasteiger partial charge in [0.05, 0.1) is 0 Å². The Balaban J connectivity index is 2.25. The molecule has 0 aromatic rings. The van der Waals surface area contributed by atoms with Crippen LogP contribution in [0, 0.1) is 5.92 Å². The van der Waals surface area contributed by atoms with Gasteiger partial charge in [0, 0.05) is 23.8 Å². The molecule has 54 valence electrons. The Labute approximate surface area is 69.3 Å². The van der Waals surface area contributed by atoms with E-state index in [2.05, 4.69) is 39.5 Å². The minimum atomic E-state index is 0.558. The van der Waals surface area contributed by atoms with Crippen molar-refractivity contribution in [2.24, 2.45) is 5.92 Å². The van der Waals surface area contributed by atoms with E-state index >= 15 is 0 Å². The molecule has 1 heterocycles. The van der Waals surface area contributed by atoms with Gasteiger partial charge in [-0.25, -0.2) is 0 Å². The summed E-state index contributed by atoms with van der Waals surface area (Å²) in [6.45, 7) is 2.21. The highest BCUT2D eigenvalue weighted by Gasteiger charge is 2.26. The van der Waals surface area contributed by atoms with E-state index in [0.717, 1.165) is 13.1 Å². The number of rotatable bonds is 0. The van der Waals surface area contributed by atoms with Gasteiger partial charge in [-0.15, -0.1) is 0 Å². The Kier molecular flexibility index (Phi) is 1.66. The third-order valence-corrected chi connectivity index (χ3v) is 3.10. The van der Waals surface area contributed by atoms with Gasteiger partial charge in [0.1, 0.15) is 0 Å².